The summed E-state index contributed by atoms with van der Waals surface area (Å²) in [4.78, 5) is 0. The van der Waals surface area contributed by atoms with Gasteiger partial charge < -0.3 is 9.30 Å². The molecule has 2 heterocycles. The molecule has 2 heteroatoms. The van der Waals surface area contributed by atoms with Crippen molar-refractivity contribution < 1.29 is 4.74 Å². The number of ether oxygens (including phenoxy) is 1. The minimum Gasteiger partial charge on any atom is -0.482 e. The lowest BCUT2D eigenvalue weighted by Crippen LogP contribution is -2.27. The topological polar surface area (TPSA) is 14.2 Å². The molecule has 2 nitrogen and oxygen atoms in total. The van der Waals surface area contributed by atoms with Gasteiger partial charge in [-0.15, -0.1) is 0 Å². The monoisotopic (exact) mass is 291 g/mol. The summed E-state index contributed by atoms with van der Waals surface area (Å²) in [6.07, 6.45) is 4.39. The summed E-state index contributed by atoms with van der Waals surface area (Å²) in [6.45, 7) is 8.61. The minimum atomic E-state index is -0.263. The Bertz CT molecular complexity index is 957. The van der Waals surface area contributed by atoms with Gasteiger partial charge in [-0.3, -0.25) is 0 Å². The van der Waals surface area contributed by atoms with Crippen LogP contribution in [0.25, 0.3) is 27.8 Å². The predicted molar refractivity (Wildman–Crippen MR) is 93.6 cm³/mol. The van der Waals surface area contributed by atoms with Crippen molar-refractivity contribution in [2.75, 3.05) is 0 Å². The molecule has 0 fully saturated rings. The summed E-state index contributed by atoms with van der Waals surface area (Å²) in [7, 11) is 2.15. The van der Waals surface area contributed by atoms with Gasteiger partial charge >= 0.3 is 0 Å². The zero-order valence-electron chi connectivity index (χ0n) is 13.8. The molecule has 0 N–H and O–H groups in total. The Kier molecular flexibility index (Phi) is 2.54. The predicted octanol–water partition coefficient (Wildman–Crippen LogP) is 5.13. The van der Waals surface area contributed by atoms with Gasteiger partial charge in [0.15, 0.2) is 0 Å². The van der Waals surface area contributed by atoms with Crippen LogP contribution in [0, 0.1) is 13.8 Å². The molecule has 0 unspecified atom stereocenters. The molecular formula is C20H21NO. The van der Waals surface area contributed by atoms with E-state index in [1.54, 1.807) is 0 Å². The molecule has 0 radical (unpaired) electrons. The second-order valence-corrected chi connectivity index (χ2v) is 6.82. The highest BCUT2D eigenvalue weighted by Crippen LogP contribution is 2.45. The molecule has 0 saturated heterocycles. The highest BCUT2D eigenvalue weighted by atomic mass is 16.5. The quantitative estimate of drug-likeness (QED) is 0.560. The number of hydrogen-bond acceptors (Lipinski definition) is 1. The second-order valence-electron chi connectivity index (χ2n) is 6.82. The maximum absolute atomic E-state index is 6.35. The average molecular weight is 291 g/mol. The van der Waals surface area contributed by atoms with E-state index in [1.807, 2.05) is 0 Å². The first kappa shape index (κ1) is 13.4. The fraction of sp³-hybridized carbons (Fsp3) is 0.300. The number of rotatable bonds is 0. The number of hydrogen-bond donors (Lipinski definition) is 0. The van der Waals surface area contributed by atoms with Crippen molar-refractivity contribution in [3.05, 3.63) is 47.2 Å². The van der Waals surface area contributed by atoms with Crippen LogP contribution in [-0.4, -0.2) is 10.2 Å². The van der Waals surface area contributed by atoms with Gasteiger partial charge in [0.25, 0.3) is 0 Å². The Hall–Kier alpha value is -2.22. The molecular weight excluding hydrogens is 270 g/mol. The van der Waals surface area contributed by atoms with Crippen molar-refractivity contribution in [1.82, 2.24) is 4.57 Å². The van der Waals surface area contributed by atoms with Crippen molar-refractivity contribution in [2.45, 2.75) is 33.3 Å². The van der Waals surface area contributed by atoms with Crippen molar-refractivity contribution in [2.24, 2.45) is 7.05 Å². The molecule has 0 saturated carbocycles. The molecule has 3 aromatic rings. The summed E-state index contributed by atoms with van der Waals surface area (Å²) >= 11 is 0. The molecule has 1 aliphatic heterocycles. The van der Waals surface area contributed by atoms with Crippen LogP contribution in [0.4, 0.5) is 0 Å². The summed E-state index contributed by atoms with van der Waals surface area (Å²) in [6, 6.07) is 8.56. The molecule has 0 aliphatic carbocycles. The van der Waals surface area contributed by atoms with Crippen LogP contribution < -0.4 is 4.74 Å². The average Bonchev–Trinajstić information content (AvgIpc) is 2.72. The van der Waals surface area contributed by atoms with Gasteiger partial charge in [0.1, 0.15) is 11.4 Å². The standard InChI is InChI=1S/C20H21NO/c1-12-13(2)21(5)18-14-8-6-7-9-15(14)19-16(17(12)18)10-11-20(3,4)22-19/h6-11H,1-5H3. The number of benzene rings is 2. The van der Waals surface area contributed by atoms with Gasteiger partial charge in [0.2, 0.25) is 0 Å². The van der Waals surface area contributed by atoms with Crippen molar-refractivity contribution in [3.63, 3.8) is 0 Å². The zero-order valence-corrected chi connectivity index (χ0v) is 13.8. The van der Waals surface area contributed by atoms with E-state index in [0.29, 0.717) is 0 Å². The van der Waals surface area contributed by atoms with Gasteiger partial charge in [-0.1, -0.05) is 30.3 Å². The Balaban J connectivity index is 2.30. The van der Waals surface area contributed by atoms with Crippen LogP contribution in [0.2, 0.25) is 0 Å². The van der Waals surface area contributed by atoms with Crippen molar-refractivity contribution in [3.8, 4) is 5.75 Å². The minimum absolute atomic E-state index is 0.263. The smallest absolute Gasteiger partial charge is 0.136 e. The molecule has 0 bridgehead atoms. The highest BCUT2D eigenvalue weighted by Gasteiger charge is 2.27. The third-order valence-electron chi connectivity index (χ3n) is 4.95. The number of fused-ring (bicyclic) bond motifs is 6. The molecule has 4 rings (SSSR count). The first-order valence-electron chi connectivity index (χ1n) is 7.79. The van der Waals surface area contributed by atoms with Crippen molar-refractivity contribution >= 4 is 27.8 Å². The van der Waals surface area contributed by atoms with Crippen LogP contribution in [-0.2, 0) is 7.05 Å². The fourth-order valence-electron chi connectivity index (χ4n) is 3.59. The van der Waals surface area contributed by atoms with Crippen LogP contribution in [0.1, 0.15) is 30.7 Å². The number of aromatic nitrogens is 1. The highest BCUT2D eigenvalue weighted by molar-refractivity contribution is 6.14. The fourth-order valence-corrected chi connectivity index (χ4v) is 3.59. The third-order valence-corrected chi connectivity index (χ3v) is 4.95. The van der Waals surface area contributed by atoms with Crippen LogP contribution in [0.5, 0.6) is 5.75 Å². The van der Waals surface area contributed by atoms with Gasteiger partial charge in [-0.05, 0) is 39.3 Å². The summed E-state index contributed by atoms with van der Waals surface area (Å²) in [5.74, 6) is 1.02. The Morgan fingerprint density at radius 1 is 1.05 bits per heavy atom. The molecule has 0 spiro atoms. The van der Waals surface area contributed by atoms with Gasteiger partial charge in [-0.2, -0.15) is 0 Å². The lowest BCUT2D eigenvalue weighted by Gasteiger charge is -2.29. The number of nitrogens with zero attached hydrogens (tertiary/aromatic N) is 1. The number of aryl methyl sites for hydroxylation is 2. The van der Waals surface area contributed by atoms with E-state index >= 15 is 0 Å². The van der Waals surface area contributed by atoms with E-state index in [2.05, 4.69) is 75.7 Å². The van der Waals surface area contributed by atoms with Crippen molar-refractivity contribution in [1.29, 1.82) is 0 Å². The SMILES string of the molecule is Cc1c(C)n(C)c2c1c1c(c3ccccc32)OC(C)(C)C=C1. The summed E-state index contributed by atoms with van der Waals surface area (Å²) in [5.41, 5.74) is 4.91. The Labute approximate surface area is 131 Å². The maximum atomic E-state index is 6.35. The van der Waals surface area contributed by atoms with E-state index < -0.39 is 0 Å². The zero-order chi connectivity index (χ0) is 15.6. The van der Waals surface area contributed by atoms with E-state index in [4.69, 9.17) is 4.74 Å². The normalized spacial score (nSPS) is 16.0. The van der Waals surface area contributed by atoms with Crippen LogP contribution >= 0.6 is 0 Å². The van der Waals surface area contributed by atoms with Crippen LogP contribution in [0.15, 0.2) is 30.3 Å². The first-order valence-corrected chi connectivity index (χ1v) is 7.79. The molecule has 22 heavy (non-hydrogen) atoms. The van der Waals surface area contributed by atoms with E-state index in [1.165, 1.54) is 38.5 Å². The largest absolute Gasteiger partial charge is 0.482 e. The van der Waals surface area contributed by atoms with Gasteiger partial charge in [0.05, 0.1) is 5.52 Å². The molecule has 0 atom stereocenters. The van der Waals surface area contributed by atoms with E-state index in [-0.39, 0.29) is 5.60 Å². The van der Waals surface area contributed by atoms with Crippen LogP contribution in [0.3, 0.4) is 0 Å². The van der Waals surface area contributed by atoms with E-state index in [0.717, 1.165) is 5.75 Å². The molecule has 0 amide bonds. The van der Waals surface area contributed by atoms with E-state index in [9.17, 15) is 0 Å². The second kappa shape index (κ2) is 4.16. The molecule has 2 aromatic carbocycles. The summed E-state index contributed by atoms with van der Waals surface area (Å²) < 4.78 is 8.66. The Morgan fingerprint density at radius 3 is 2.45 bits per heavy atom. The summed E-state index contributed by atoms with van der Waals surface area (Å²) in [5, 5.41) is 3.78. The lowest BCUT2D eigenvalue weighted by molar-refractivity contribution is 0.162. The Morgan fingerprint density at radius 2 is 1.73 bits per heavy atom. The van der Waals surface area contributed by atoms with Gasteiger partial charge in [-0.25, -0.2) is 0 Å². The molecule has 112 valence electrons. The lowest BCUT2D eigenvalue weighted by atomic mass is 9.94. The molecule has 1 aliphatic rings. The van der Waals surface area contributed by atoms with Gasteiger partial charge in [0, 0.05) is 34.5 Å². The molecule has 1 aromatic heterocycles. The first-order chi connectivity index (χ1) is 10.4. The third kappa shape index (κ3) is 1.61. The maximum Gasteiger partial charge on any atom is 0.136 e.